The highest BCUT2D eigenvalue weighted by Gasteiger charge is 2.27. The second-order valence-corrected chi connectivity index (χ2v) is 6.96. The quantitative estimate of drug-likeness (QED) is 0.749. The number of sulfone groups is 1. The predicted molar refractivity (Wildman–Crippen MR) is 83.3 cm³/mol. The second-order valence-electron chi connectivity index (χ2n) is 5.04. The van der Waals surface area contributed by atoms with E-state index in [4.69, 9.17) is 9.68 Å². The number of nitriles is 1. The van der Waals surface area contributed by atoms with Crippen molar-refractivity contribution in [2.24, 2.45) is 0 Å². The Bertz CT molecular complexity index is 857. The summed E-state index contributed by atoms with van der Waals surface area (Å²) in [7, 11) is -4.71. The van der Waals surface area contributed by atoms with Gasteiger partial charge in [0.05, 0.1) is 30.2 Å². The van der Waals surface area contributed by atoms with Gasteiger partial charge in [-0.15, -0.1) is 0 Å². The van der Waals surface area contributed by atoms with Crippen LogP contribution in [0.5, 0.6) is 0 Å². The predicted octanol–water partition coefficient (Wildman–Crippen LogP) is 2.83. The first-order valence-electron chi connectivity index (χ1n) is 7.17. The molecule has 2 rings (SSSR count). The Morgan fingerprint density at radius 2 is 1.92 bits per heavy atom. The van der Waals surface area contributed by atoms with E-state index < -0.39 is 26.4 Å². The van der Waals surface area contributed by atoms with Crippen LogP contribution < -0.4 is 0 Å². The van der Waals surface area contributed by atoms with Gasteiger partial charge in [0.15, 0.2) is 0 Å². The SMILES string of the molecule is N#CCCN(Cc1ccco1)C(=O)c1ccc(S(=O)(=O)C(F)F)cc1. The smallest absolute Gasteiger partial charge is 0.341 e. The molecule has 0 bridgehead atoms. The van der Waals surface area contributed by atoms with Crippen molar-refractivity contribution in [2.45, 2.75) is 23.6 Å². The fourth-order valence-corrected chi connectivity index (χ4v) is 2.82. The van der Waals surface area contributed by atoms with Gasteiger partial charge in [0.1, 0.15) is 5.76 Å². The molecule has 0 saturated heterocycles. The van der Waals surface area contributed by atoms with Crippen LogP contribution in [0.15, 0.2) is 52.0 Å². The standard InChI is InChI=1S/C16H14F2N2O4S/c17-16(18)25(22,23)14-6-4-12(5-7-14)15(21)20(9-2-8-19)11-13-3-1-10-24-13/h1,3-7,10,16H,2,9,11H2. The number of nitrogens with zero attached hydrogens (tertiary/aromatic N) is 2. The Labute approximate surface area is 143 Å². The lowest BCUT2D eigenvalue weighted by atomic mass is 10.2. The van der Waals surface area contributed by atoms with E-state index in [0.29, 0.717) is 5.76 Å². The number of furan rings is 1. The number of carbonyl (C=O) groups excluding carboxylic acids is 1. The molecule has 1 heterocycles. The molecule has 1 aromatic heterocycles. The number of hydrogen-bond donors (Lipinski definition) is 0. The van der Waals surface area contributed by atoms with Crippen molar-refractivity contribution in [3.8, 4) is 6.07 Å². The van der Waals surface area contributed by atoms with Crippen LogP contribution in [-0.4, -0.2) is 31.5 Å². The van der Waals surface area contributed by atoms with Crippen molar-refractivity contribution in [1.29, 1.82) is 5.26 Å². The van der Waals surface area contributed by atoms with E-state index in [1.807, 2.05) is 6.07 Å². The number of alkyl halides is 2. The molecule has 25 heavy (non-hydrogen) atoms. The first kappa shape index (κ1) is 18.6. The van der Waals surface area contributed by atoms with Crippen LogP contribution in [-0.2, 0) is 16.4 Å². The molecule has 0 unspecified atom stereocenters. The Kier molecular flexibility index (Phi) is 5.88. The molecule has 0 fully saturated rings. The molecule has 0 aliphatic rings. The molecule has 1 aromatic carbocycles. The van der Waals surface area contributed by atoms with E-state index in [-0.39, 0.29) is 25.1 Å². The minimum atomic E-state index is -4.71. The highest BCUT2D eigenvalue weighted by molar-refractivity contribution is 7.91. The lowest BCUT2D eigenvalue weighted by molar-refractivity contribution is 0.0735. The van der Waals surface area contributed by atoms with Gasteiger partial charge in [-0.1, -0.05) is 0 Å². The van der Waals surface area contributed by atoms with Gasteiger partial charge in [-0.2, -0.15) is 14.0 Å². The van der Waals surface area contributed by atoms with Gasteiger partial charge in [0, 0.05) is 12.1 Å². The number of hydrogen-bond acceptors (Lipinski definition) is 5. The first-order chi connectivity index (χ1) is 11.9. The van der Waals surface area contributed by atoms with Gasteiger partial charge in [-0.05, 0) is 36.4 Å². The van der Waals surface area contributed by atoms with Crippen molar-refractivity contribution in [3.63, 3.8) is 0 Å². The van der Waals surface area contributed by atoms with Crippen molar-refractivity contribution in [2.75, 3.05) is 6.54 Å². The number of benzene rings is 1. The summed E-state index contributed by atoms with van der Waals surface area (Å²) in [5.74, 6) is -3.48. The highest BCUT2D eigenvalue weighted by Crippen LogP contribution is 2.19. The maximum absolute atomic E-state index is 12.5. The van der Waals surface area contributed by atoms with Gasteiger partial charge in [-0.3, -0.25) is 4.79 Å². The summed E-state index contributed by atoms with van der Waals surface area (Å²) in [6.45, 7) is 0.276. The fraction of sp³-hybridized carbons (Fsp3) is 0.250. The number of halogens is 2. The topological polar surface area (TPSA) is 91.4 Å². The lowest BCUT2D eigenvalue weighted by Gasteiger charge is -2.20. The Hall–Kier alpha value is -2.73. The second kappa shape index (κ2) is 7.90. The molecule has 0 aliphatic heterocycles. The molecule has 1 amide bonds. The zero-order valence-corrected chi connectivity index (χ0v) is 13.7. The zero-order valence-electron chi connectivity index (χ0n) is 12.9. The van der Waals surface area contributed by atoms with Crippen LogP contribution in [0.2, 0.25) is 0 Å². The minimum absolute atomic E-state index is 0.101. The summed E-state index contributed by atoms with van der Waals surface area (Å²) in [5.41, 5.74) is 0.123. The molecular formula is C16H14F2N2O4S. The summed E-state index contributed by atoms with van der Waals surface area (Å²) in [6, 6.07) is 9.53. The average molecular weight is 368 g/mol. The van der Waals surface area contributed by atoms with Crippen LogP contribution in [0.4, 0.5) is 8.78 Å². The monoisotopic (exact) mass is 368 g/mol. The molecule has 0 aliphatic carbocycles. The van der Waals surface area contributed by atoms with Crippen molar-refractivity contribution >= 4 is 15.7 Å². The number of amides is 1. The van der Waals surface area contributed by atoms with Gasteiger partial charge >= 0.3 is 5.76 Å². The van der Waals surface area contributed by atoms with E-state index in [1.165, 1.54) is 23.3 Å². The molecular weight excluding hydrogens is 354 g/mol. The fourth-order valence-electron chi connectivity index (χ4n) is 2.10. The van der Waals surface area contributed by atoms with Crippen LogP contribution in [0.1, 0.15) is 22.5 Å². The number of rotatable bonds is 7. The van der Waals surface area contributed by atoms with E-state index in [0.717, 1.165) is 12.1 Å². The first-order valence-corrected chi connectivity index (χ1v) is 8.71. The van der Waals surface area contributed by atoms with Gasteiger partial charge in [-0.25, -0.2) is 8.42 Å². The molecule has 9 heteroatoms. The Morgan fingerprint density at radius 1 is 1.24 bits per heavy atom. The highest BCUT2D eigenvalue weighted by atomic mass is 32.2. The van der Waals surface area contributed by atoms with Crippen molar-refractivity contribution < 1.29 is 26.4 Å². The van der Waals surface area contributed by atoms with Gasteiger partial charge in [0.2, 0.25) is 9.84 Å². The van der Waals surface area contributed by atoms with E-state index in [1.54, 1.807) is 12.1 Å². The van der Waals surface area contributed by atoms with E-state index >= 15 is 0 Å². The zero-order chi connectivity index (χ0) is 18.4. The summed E-state index contributed by atoms with van der Waals surface area (Å²) in [6.07, 6.45) is 1.55. The summed E-state index contributed by atoms with van der Waals surface area (Å²) in [5, 5.41) is 8.72. The molecule has 0 N–H and O–H groups in total. The lowest BCUT2D eigenvalue weighted by Crippen LogP contribution is -2.31. The van der Waals surface area contributed by atoms with Gasteiger partial charge < -0.3 is 9.32 Å². The van der Waals surface area contributed by atoms with Crippen LogP contribution >= 0.6 is 0 Å². The molecule has 0 spiro atoms. The van der Waals surface area contributed by atoms with E-state index in [2.05, 4.69) is 0 Å². The number of carbonyl (C=O) groups is 1. The summed E-state index contributed by atoms with van der Waals surface area (Å²) < 4.78 is 53.1. The molecule has 0 radical (unpaired) electrons. The van der Waals surface area contributed by atoms with Crippen molar-refractivity contribution in [1.82, 2.24) is 4.90 Å². The Morgan fingerprint density at radius 3 is 2.44 bits per heavy atom. The molecule has 132 valence electrons. The maximum Gasteiger partial charge on any atom is 0.341 e. The Balaban J connectivity index is 2.22. The summed E-state index contributed by atoms with van der Waals surface area (Å²) in [4.78, 5) is 13.3. The summed E-state index contributed by atoms with van der Waals surface area (Å²) >= 11 is 0. The third-order valence-electron chi connectivity index (χ3n) is 3.37. The van der Waals surface area contributed by atoms with Crippen molar-refractivity contribution in [3.05, 3.63) is 54.0 Å². The normalized spacial score (nSPS) is 11.3. The van der Waals surface area contributed by atoms with E-state index in [9.17, 15) is 22.0 Å². The third-order valence-corrected chi connectivity index (χ3v) is 4.77. The molecule has 0 saturated carbocycles. The maximum atomic E-state index is 12.5. The largest absolute Gasteiger partial charge is 0.467 e. The molecule has 2 aromatic rings. The molecule has 0 atom stereocenters. The van der Waals surface area contributed by atoms with Gasteiger partial charge in [0.25, 0.3) is 5.91 Å². The molecule has 6 nitrogen and oxygen atoms in total. The third kappa shape index (κ3) is 4.42. The minimum Gasteiger partial charge on any atom is -0.467 e. The van der Waals surface area contributed by atoms with Crippen LogP contribution in [0.25, 0.3) is 0 Å². The van der Waals surface area contributed by atoms with Crippen LogP contribution in [0, 0.1) is 11.3 Å². The average Bonchev–Trinajstić information content (AvgIpc) is 3.11. The van der Waals surface area contributed by atoms with Crippen LogP contribution in [0.3, 0.4) is 0 Å².